The van der Waals surface area contributed by atoms with E-state index in [1.165, 1.54) is 0 Å². The number of aromatic nitrogens is 3. The molecule has 1 aliphatic carbocycles. The number of carbonyl (C=O) groups is 1. The number of hydrogen-bond acceptors (Lipinski definition) is 5. The van der Waals surface area contributed by atoms with E-state index in [0.717, 1.165) is 18.4 Å². The van der Waals surface area contributed by atoms with E-state index in [-0.39, 0.29) is 17.7 Å². The van der Waals surface area contributed by atoms with Gasteiger partial charge in [0.2, 0.25) is 5.69 Å². The SMILES string of the molecule is N#Cc1ccc(C2CC(Oc3nn[nH]c3C(=O)O)C2)cc1. The predicted molar refractivity (Wildman–Crippen MR) is 70.9 cm³/mol. The van der Waals surface area contributed by atoms with Crippen molar-refractivity contribution in [1.29, 1.82) is 5.26 Å². The van der Waals surface area contributed by atoms with Crippen molar-refractivity contribution >= 4 is 5.97 Å². The fourth-order valence-electron chi connectivity index (χ4n) is 2.36. The molecular formula is C14H12N4O3. The van der Waals surface area contributed by atoms with Crippen LogP contribution in [0.15, 0.2) is 24.3 Å². The Morgan fingerprint density at radius 1 is 1.38 bits per heavy atom. The van der Waals surface area contributed by atoms with Gasteiger partial charge in [-0.3, -0.25) is 0 Å². The molecule has 2 N–H and O–H groups in total. The lowest BCUT2D eigenvalue weighted by Crippen LogP contribution is -2.32. The van der Waals surface area contributed by atoms with Crippen LogP contribution in [0, 0.1) is 11.3 Å². The number of ether oxygens (including phenoxy) is 1. The second kappa shape index (κ2) is 5.25. The first-order valence-corrected chi connectivity index (χ1v) is 6.48. The molecule has 1 aromatic carbocycles. The average molecular weight is 284 g/mol. The monoisotopic (exact) mass is 284 g/mol. The third-order valence-electron chi connectivity index (χ3n) is 3.61. The van der Waals surface area contributed by atoms with Crippen LogP contribution in [0.25, 0.3) is 0 Å². The molecular weight excluding hydrogens is 272 g/mol. The molecule has 2 aromatic rings. The molecule has 1 heterocycles. The number of nitrogens with zero attached hydrogens (tertiary/aromatic N) is 3. The summed E-state index contributed by atoms with van der Waals surface area (Å²) in [5, 5.41) is 27.1. The van der Waals surface area contributed by atoms with Crippen LogP contribution in [0.2, 0.25) is 0 Å². The molecule has 0 spiro atoms. The van der Waals surface area contributed by atoms with E-state index in [0.29, 0.717) is 11.5 Å². The highest BCUT2D eigenvalue weighted by molar-refractivity contribution is 5.87. The Bertz CT molecular complexity index is 696. The molecule has 7 nitrogen and oxygen atoms in total. The van der Waals surface area contributed by atoms with E-state index >= 15 is 0 Å². The number of hydrogen-bond donors (Lipinski definition) is 2. The van der Waals surface area contributed by atoms with E-state index < -0.39 is 5.97 Å². The molecule has 3 rings (SSSR count). The lowest BCUT2D eigenvalue weighted by atomic mass is 9.77. The quantitative estimate of drug-likeness (QED) is 0.883. The molecule has 0 atom stereocenters. The van der Waals surface area contributed by atoms with Gasteiger partial charge in [-0.25, -0.2) is 9.89 Å². The zero-order valence-electron chi connectivity index (χ0n) is 11.0. The minimum absolute atomic E-state index is 0.0331. The highest BCUT2D eigenvalue weighted by Crippen LogP contribution is 2.39. The smallest absolute Gasteiger partial charge is 0.359 e. The van der Waals surface area contributed by atoms with Gasteiger partial charge in [-0.1, -0.05) is 22.4 Å². The third kappa shape index (κ3) is 2.56. The number of carboxylic acid groups (broad SMARTS) is 1. The molecule has 1 saturated carbocycles. The molecule has 0 aliphatic heterocycles. The van der Waals surface area contributed by atoms with Gasteiger partial charge >= 0.3 is 5.97 Å². The van der Waals surface area contributed by atoms with E-state index in [4.69, 9.17) is 15.1 Å². The van der Waals surface area contributed by atoms with Gasteiger partial charge in [-0.05, 0) is 36.5 Å². The Morgan fingerprint density at radius 3 is 2.71 bits per heavy atom. The van der Waals surface area contributed by atoms with E-state index in [9.17, 15) is 4.79 Å². The molecule has 1 fully saturated rings. The van der Waals surface area contributed by atoms with Crippen LogP contribution in [0.3, 0.4) is 0 Å². The predicted octanol–water partition coefficient (Wildman–Crippen LogP) is 1.70. The van der Waals surface area contributed by atoms with Gasteiger partial charge < -0.3 is 9.84 Å². The number of nitrogens with one attached hydrogen (secondary N) is 1. The van der Waals surface area contributed by atoms with Crippen molar-refractivity contribution in [2.24, 2.45) is 0 Å². The fourth-order valence-corrected chi connectivity index (χ4v) is 2.36. The number of aromatic amines is 1. The summed E-state index contributed by atoms with van der Waals surface area (Å²) in [5.41, 5.74) is 1.67. The number of rotatable bonds is 4. The largest absolute Gasteiger partial charge is 0.476 e. The van der Waals surface area contributed by atoms with Crippen molar-refractivity contribution in [3.8, 4) is 11.9 Å². The van der Waals surface area contributed by atoms with Gasteiger partial charge in [0, 0.05) is 0 Å². The summed E-state index contributed by atoms with van der Waals surface area (Å²) < 4.78 is 5.54. The van der Waals surface area contributed by atoms with E-state index in [1.54, 1.807) is 12.1 Å². The van der Waals surface area contributed by atoms with Gasteiger partial charge in [0.1, 0.15) is 6.10 Å². The fraction of sp³-hybridized carbons (Fsp3) is 0.286. The maximum absolute atomic E-state index is 10.9. The standard InChI is InChI=1S/C14H12N4O3/c15-7-8-1-3-9(4-2-8)10-5-11(6-10)21-13-12(14(19)20)16-18-17-13/h1-4,10-11H,5-6H2,(H,19,20)(H,16,17,18). The normalized spacial score (nSPS) is 20.3. The van der Waals surface area contributed by atoms with Gasteiger partial charge in [-0.15, -0.1) is 0 Å². The van der Waals surface area contributed by atoms with Gasteiger partial charge in [0.05, 0.1) is 11.6 Å². The van der Waals surface area contributed by atoms with Crippen molar-refractivity contribution < 1.29 is 14.6 Å². The zero-order chi connectivity index (χ0) is 14.8. The lowest BCUT2D eigenvalue weighted by molar-refractivity contribution is 0.0660. The Kier molecular flexibility index (Phi) is 3.28. The Balaban J connectivity index is 1.59. The number of carboxylic acids is 1. The topological polar surface area (TPSA) is 112 Å². The summed E-state index contributed by atoms with van der Waals surface area (Å²) in [4.78, 5) is 10.9. The first-order valence-electron chi connectivity index (χ1n) is 6.48. The molecule has 0 bridgehead atoms. The maximum atomic E-state index is 10.9. The van der Waals surface area contributed by atoms with Crippen LogP contribution in [-0.2, 0) is 0 Å². The second-order valence-corrected chi connectivity index (χ2v) is 4.94. The average Bonchev–Trinajstić information content (AvgIpc) is 2.91. The molecule has 106 valence electrons. The Morgan fingerprint density at radius 2 is 2.10 bits per heavy atom. The third-order valence-corrected chi connectivity index (χ3v) is 3.61. The van der Waals surface area contributed by atoms with Gasteiger partial charge in [0.15, 0.2) is 0 Å². The van der Waals surface area contributed by atoms with Crippen molar-refractivity contribution in [3.63, 3.8) is 0 Å². The summed E-state index contributed by atoms with van der Waals surface area (Å²) in [6, 6.07) is 9.56. The molecule has 1 aromatic heterocycles. The summed E-state index contributed by atoms with van der Waals surface area (Å²) >= 11 is 0. The first kappa shape index (κ1) is 13.1. The van der Waals surface area contributed by atoms with Gasteiger partial charge in [-0.2, -0.15) is 5.26 Å². The van der Waals surface area contributed by atoms with Crippen molar-refractivity contribution in [1.82, 2.24) is 15.4 Å². The Labute approximate surface area is 120 Å². The highest BCUT2D eigenvalue weighted by atomic mass is 16.5. The zero-order valence-corrected chi connectivity index (χ0v) is 11.0. The number of aromatic carboxylic acids is 1. The molecule has 0 amide bonds. The lowest BCUT2D eigenvalue weighted by Gasteiger charge is -2.35. The molecule has 0 radical (unpaired) electrons. The van der Waals surface area contributed by atoms with Crippen LogP contribution in [0.5, 0.6) is 5.88 Å². The maximum Gasteiger partial charge on any atom is 0.359 e. The molecule has 0 saturated heterocycles. The van der Waals surface area contributed by atoms with Gasteiger partial charge in [0.25, 0.3) is 5.88 Å². The van der Waals surface area contributed by atoms with Crippen molar-refractivity contribution in [2.45, 2.75) is 24.9 Å². The summed E-state index contributed by atoms with van der Waals surface area (Å²) in [6.07, 6.45) is 1.52. The van der Waals surface area contributed by atoms with Crippen molar-refractivity contribution in [3.05, 3.63) is 41.1 Å². The van der Waals surface area contributed by atoms with E-state index in [2.05, 4.69) is 21.5 Å². The van der Waals surface area contributed by atoms with Crippen LogP contribution >= 0.6 is 0 Å². The first-order chi connectivity index (χ1) is 10.2. The van der Waals surface area contributed by atoms with Crippen LogP contribution in [-0.4, -0.2) is 32.6 Å². The minimum atomic E-state index is -1.14. The summed E-state index contributed by atoms with van der Waals surface area (Å²) in [7, 11) is 0. The van der Waals surface area contributed by atoms with E-state index in [1.807, 2.05) is 12.1 Å². The highest BCUT2D eigenvalue weighted by Gasteiger charge is 2.33. The number of nitriles is 1. The molecule has 0 unspecified atom stereocenters. The van der Waals surface area contributed by atoms with Crippen LogP contribution in [0.1, 0.15) is 40.4 Å². The van der Waals surface area contributed by atoms with Crippen LogP contribution in [0.4, 0.5) is 0 Å². The number of benzene rings is 1. The summed E-state index contributed by atoms with van der Waals surface area (Å²) in [5.74, 6) is -0.744. The molecule has 21 heavy (non-hydrogen) atoms. The minimum Gasteiger partial charge on any atom is -0.476 e. The molecule has 7 heteroatoms. The van der Waals surface area contributed by atoms with Crippen LogP contribution < -0.4 is 4.74 Å². The Hall–Kier alpha value is -2.88. The molecule has 1 aliphatic rings. The second-order valence-electron chi connectivity index (χ2n) is 4.94. The summed E-state index contributed by atoms with van der Waals surface area (Å²) in [6.45, 7) is 0. The number of H-pyrrole nitrogens is 1. The van der Waals surface area contributed by atoms with Crippen molar-refractivity contribution in [2.75, 3.05) is 0 Å².